The Labute approximate surface area is 166 Å². The van der Waals surface area contributed by atoms with Gasteiger partial charge in [0, 0.05) is 24.3 Å². The van der Waals surface area contributed by atoms with Gasteiger partial charge in [0.05, 0.1) is 5.92 Å². The van der Waals surface area contributed by atoms with E-state index in [0.29, 0.717) is 30.6 Å². The third kappa shape index (κ3) is 5.60. The molecule has 1 saturated heterocycles. The molecule has 0 radical (unpaired) electrons. The zero-order valence-electron chi connectivity index (χ0n) is 15.6. The molecule has 0 saturated carbocycles. The Hall–Kier alpha value is -3.29. The van der Waals surface area contributed by atoms with Crippen LogP contribution in [0.1, 0.15) is 23.2 Å². The summed E-state index contributed by atoms with van der Waals surface area (Å²) in [6.45, 7) is 0.193. The molecule has 2 aromatic carbocycles. The molecule has 2 aromatic rings. The van der Waals surface area contributed by atoms with Gasteiger partial charge >= 0.3 is 5.97 Å². The van der Waals surface area contributed by atoms with Crippen LogP contribution in [0.3, 0.4) is 0 Å². The van der Waals surface area contributed by atoms with Gasteiger partial charge in [-0.2, -0.15) is 0 Å². The summed E-state index contributed by atoms with van der Waals surface area (Å²) in [4.78, 5) is 38.3. The van der Waals surface area contributed by atoms with E-state index in [0.717, 1.165) is 0 Å². The molecule has 1 aliphatic heterocycles. The SMILES string of the molecule is O=C(COC(=O)C1CCCN(C(=O)c2ccc(F)cc2)C1)Nc1ccc(F)cc1. The largest absolute Gasteiger partial charge is 0.455 e. The number of ether oxygens (including phenoxy) is 1. The summed E-state index contributed by atoms with van der Waals surface area (Å²) in [6.07, 6.45) is 1.17. The van der Waals surface area contributed by atoms with E-state index >= 15 is 0 Å². The van der Waals surface area contributed by atoms with Gasteiger partial charge in [0.2, 0.25) is 0 Å². The lowest BCUT2D eigenvalue weighted by atomic mass is 9.97. The fourth-order valence-corrected chi connectivity index (χ4v) is 3.11. The third-order valence-electron chi connectivity index (χ3n) is 4.61. The van der Waals surface area contributed by atoms with Gasteiger partial charge in [0.1, 0.15) is 11.6 Å². The quantitative estimate of drug-likeness (QED) is 0.781. The van der Waals surface area contributed by atoms with Crippen LogP contribution in [0.25, 0.3) is 0 Å². The van der Waals surface area contributed by atoms with E-state index in [4.69, 9.17) is 4.74 Å². The fourth-order valence-electron chi connectivity index (χ4n) is 3.11. The number of benzene rings is 2. The Balaban J connectivity index is 1.50. The highest BCUT2D eigenvalue weighted by Gasteiger charge is 2.30. The molecular formula is C21H20F2N2O4. The van der Waals surface area contributed by atoms with Gasteiger partial charge < -0.3 is 15.0 Å². The topological polar surface area (TPSA) is 75.7 Å². The average molecular weight is 402 g/mol. The van der Waals surface area contributed by atoms with E-state index in [1.54, 1.807) is 0 Å². The molecule has 0 bridgehead atoms. The van der Waals surface area contributed by atoms with Crippen molar-refractivity contribution in [2.45, 2.75) is 12.8 Å². The van der Waals surface area contributed by atoms with E-state index in [1.165, 1.54) is 53.4 Å². The molecule has 8 heteroatoms. The molecule has 1 atom stereocenters. The van der Waals surface area contributed by atoms with Crippen molar-refractivity contribution < 1.29 is 27.9 Å². The molecule has 1 fully saturated rings. The number of halogens is 2. The van der Waals surface area contributed by atoms with Crippen LogP contribution in [-0.4, -0.2) is 42.4 Å². The maximum absolute atomic E-state index is 13.0. The summed E-state index contributed by atoms with van der Waals surface area (Å²) in [7, 11) is 0. The summed E-state index contributed by atoms with van der Waals surface area (Å²) < 4.78 is 31.0. The van der Waals surface area contributed by atoms with E-state index in [1.807, 2.05) is 0 Å². The first kappa shape index (κ1) is 20.4. The number of esters is 1. The van der Waals surface area contributed by atoms with Gasteiger partial charge in [-0.05, 0) is 61.4 Å². The molecule has 2 amide bonds. The van der Waals surface area contributed by atoms with Crippen molar-refractivity contribution in [2.24, 2.45) is 5.92 Å². The third-order valence-corrected chi connectivity index (χ3v) is 4.61. The molecule has 1 N–H and O–H groups in total. The smallest absolute Gasteiger partial charge is 0.311 e. The lowest BCUT2D eigenvalue weighted by Crippen LogP contribution is -2.43. The van der Waals surface area contributed by atoms with Crippen LogP contribution in [-0.2, 0) is 14.3 Å². The number of piperidine rings is 1. The van der Waals surface area contributed by atoms with E-state index in [2.05, 4.69) is 5.32 Å². The van der Waals surface area contributed by atoms with Crippen LogP contribution in [0.15, 0.2) is 48.5 Å². The van der Waals surface area contributed by atoms with Crippen molar-refractivity contribution in [1.82, 2.24) is 4.90 Å². The molecule has 1 heterocycles. The Morgan fingerprint density at radius 3 is 2.28 bits per heavy atom. The first-order valence-corrected chi connectivity index (χ1v) is 9.19. The fraction of sp³-hybridized carbons (Fsp3) is 0.286. The number of likely N-dealkylation sites (tertiary alicyclic amines) is 1. The zero-order valence-corrected chi connectivity index (χ0v) is 15.6. The molecule has 0 spiro atoms. The molecule has 0 aliphatic carbocycles. The van der Waals surface area contributed by atoms with Crippen molar-refractivity contribution >= 4 is 23.5 Å². The predicted octanol–water partition coefficient (Wildman–Crippen LogP) is 3.00. The van der Waals surface area contributed by atoms with Gasteiger partial charge in [-0.15, -0.1) is 0 Å². The molecular weight excluding hydrogens is 382 g/mol. The lowest BCUT2D eigenvalue weighted by Gasteiger charge is -2.31. The van der Waals surface area contributed by atoms with Crippen LogP contribution in [0.4, 0.5) is 14.5 Å². The molecule has 29 heavy (non-hydrogen) atoms. The second-order valence-electron chi connectivity index (χ2n) is 6.76. The Morgan fingerprint density at radius 1 is 1.00 bits per heavy atom. The van der Waals surface area contributed by atoms with Gasteiger partial charge in [0.15, 0.2) is 6.61 Å². The van der Waals surface area contributed by atoms with Crippen molar-refractivity contribution in [1.29, 1.82) is 0 Å². The number of carbonyl (C=O) groups is 3. The second-order valence-corrected chi connectivity index (χ2v) is 6.76. The summed E-state index contributed by atoms with van der Waals surface area (Å²) >= 11 is 0. The number of anilines is 1. The maximum Gasteiger partial charge on any atom is 0.311 e. The molecule has 152 valence electrons. The van der Waals surface area contributed by atoms with Crippen molar-refractivity contribution in [3.05, 3.63) is 65.7 Å². The van der Waals surface area contributed by atoms with Crippen LogP contribution < -0.4 is 5.32 Å². The first-order valence-electron chi connectivity index (χ1n) is 9.19. The Kier molecular flexibility index (Phi) is 6.54. The summed E-state index contributed by atoms with van der Waals surface area (Å²) in [6, 6.07) is 10.4. The zero-order chi connectivity index (χ0) is 20.8. The minimum absolute atomic E-state index is 0.175. The van der Waals surface area contributed by atoms with Crippen LogP contribution in [0.5, 0.6) is 0 Å². The molecule has 1 unspecified atom stereocenters. The van der Waals surface area contributed by atoms with Crippen LogP contribution >= 0.6 is 0 Å². The van der Waals surface area contributed by atoms with Gasteiger partial charge in [0.25, 0.3) is 11.8 Å². The molecule has 1 aliphatic rings. The number of carbonyl (C=O) groups excluding carboxylic acids is 3. The number of nitrogens with zero attached hydrogens (tertiary/aromatic N) is 1. The average Bonchev–Trinajstić information content (AvgIpc) is 2.74. The van der Waals surface area contributed by atoms with E-state index in [-0.39, 0.29) is 12.5 Å². The minimum Gasteiger partial charge on any atom is -0.455 e. The number of rotatable bonds is 5. The maximum atomic E-state index is 13.0. The van der Waals surface area contributed by atoms with Crippen molar-refractivity contribution in [3.8, 4) is 0 Å². The standard InChI is InChI=1S/C21H20F2N2O4/c22-16-5-3-14(4-6-16)20(27)25-11-1-2-15(12-25)21(28)29-13-19(26)24-18-9-7-17(23)8-10-18/h3-10,15H,1-2,11-13H2,(H,24,26). The van der Waals surface area contributed by atoms with Crippen molar-refractivity contribution in [2.75, 3.05) is 25.0 Å². The minimum atomic E-state index is -0.559. The highest BCUT2D eigenvalue weighted by Crippen LogP contribution is 2.20. The van der Waals surface area contributed by atoms with Crippen LogP contribution in [0, 0.1) is 17.6 Å². The number of hydrogen-bond acceptors (Lipinski definition) is 4. The van der Waals surface area contributed by atoms with E-state index in [9.17, 15) is 23.2 Å². The van der Waals surface area contributed by atoms with Crippen LogP contribution in [0.2, 0.25) is 0 Å². The van der Waals surface area contributed by atoms with Gasteiger partial charge in [-0.3, -0.25) is 14.4 Å². The second kappa shape index (κ2) is 9.27. The summed E-state index contributed by atoms with van der Waals surface area (Å²) in [5, 5.41) is 2.50. The lowest BCUT2D eigenvalue weighted by molar-refractivity contribution is -0.152. The monoisotopic (exact) mass is 402 g/mol. The normalized spacial score (nSPS) is 16.2. The van der Waals surface area contributed by atoms with Gasteiger partial charge in [-0.25, -0.2) is 8.78 Å². The Morgan fingerprint density at radius 2 is 1.62 bits per heavy atom. The van der Waals surface area contributed by atoms with E-state index < -0.39 is 36.0 Å². The summed E-state index contributed by atoms with van der Waals surface area (Å²) in [5.74, 6) is -2.77. The molecule has 0 aromatic heterocycles. The highest BCUT2D eigenvalue weighted by atomic mass is 19.1. The number of nitrogens with one attached hydrogen (secondary N) is 1. The molecule has 6 nitrogen and oxygen atoms in total. The van der Waals surface area contributed by atoms with Gasteiger partial charge in [-0.1, -0.05) is 0 Å². The number of hydrogen-bond donors (Lipinski definition) is 1. The summed E-state index contributed by atoms with van der Waals surface area (Å²) in [5.41, 5.74) is 0.736. The Bertz CT molecular complexity index is 885. The first-order chi connectivity index (χ1) is 13.9. The predicted molar refractivity (Wildman–Crippen MR) is 101 cm³/mol. The highest BCUT2D eigenvalue weighted by molar-refractivity contribution is 5.95. The van der Waals surface area contributed by atoms with Crippen molar-refractivity contribution in [3.63, 3.8) is 0 Å². The molecule has 3 rings (SSSR count). The number of amides is 2.